The van der Waals surface area contributed by atoms with Crippen molar-refractivity contribution in [3.8, 4) is 0 Å². The average Bonchev–Trinajstić information content (AvgIpc) is 2.49. The van der Waals surface area contributed by atoms with Crippen molar-refractivity contribution >= 4 is 28.9 Å². The summed E-state index contributed by atoms with van der Waals surface area (Å²) in [5, 5.41) is 4.43. The van der Waals surface area contributed by atoms with Crippen LogP contribution in [0.1, 0.15) is 5.56 Å². The Labute approximate surface area is 138 Å². The van der Waals surface area contributed by atoms with Crippen molar-refractivity contribution in [3.63, 3.8) is 0 Å². The van der Waals surface area contributed by atoms with Crippen LogP contribution < -0.4 is 10.6 Å². The molecule has 0 aromatic heterocycles. The van der Waals surface area contributed by atoms with Crippen LogP contribution in [-0.2, 0) is 11.0 Å². The summed E-state index contributed by atoms with van der Waals surface area (Å²) < 4.78 is 64.3. The highest BCUT2D eigenvalue weighted by molar-refractivity contribution is 6.33. The molecule has 0 aliphatic carbocycles. The number of anilines is 2. The summed E-state index contributed by atoms with van der Waals surface area (Å²) in [6.45, 7) is -0.493. The molecule has 24 heavy (non-hydrogen) atoms. The van der Waals surface area contributed by atoms with Crippen molar-refractivity contribution in [1.29, 1.82) is 0 Å². The van der Waals surface area contributed by atoms with Gasteiger partial charge in [-0.3, -0.25) is 4.79 Å². The maximum Gasteiger partial charge on any atom is 0.416 e. The number of carbonyl (C=O) groups excluding carboxylic acids is 1. The van der Waals surface area contributed by atoms with E-state index >= 15 is 0 Å². The lowest BCUT2D eigenvalue weighted by Gasteiger charge is -2.12. The van der Waals surface area contributed by atoms with Gasteiger partial charge in [-0.25, -0.2) is 8.78 Å². The number of hydrogen-bond acceptors (Lipinski definition) is 2. The van der Waals surface area contributed by atoms with Crippen LogP contribution in [0.5, 0.6) is 0 Å². The molecule has 0 fully saturated rings. The minimum Gasteiger partial charge on any atom is -0.374 e. The molecule has 2 aromatic rings. The molecular formula is C15H10ClF5N2O. The van der Waals surface area contributed by atoms with Gasteiger partial charge in [0.05, 0.1) is 28.5 Å². The molecular weight excluding hydrogens is 355 g/mol. The van der Waals surface area contributed by atoms with E-state index in [1.165, 1.54) is 0 Å². The Morgan fingerprint density at radius 2 is 1.75 bits per heavy atom. The van der Waals surface area contributed by atoms with Crippen molar-refractivity contribution in [3.05, 3.63) is 58.6 Å². The minimum absolute atomic E-state index is 0.0895. The normalized spacial score (nSPS) is 11.2. The van der Waals surface area contributed by atoms with Crippen LogP contribution >= 0.6 is 11.6 Å². The summed E-state index contributed by atoms with van der Waals surface area (Å²) in [6.07, 6.45) is -4.59. The molecule has 0 saturated carbocycles. The summed E-state index contributed by atoms with van der Waals surface area (Å²) in [6, 6.07) is 5.09. The zero-order valence-electron chi connectivity index (χ0n) is 11.8. The first-order valence-electron chi connectivity index (χ1n) is 6.52. The largest absolute Gasteiger partial charge is 0.416 e. The molecule has 2 rings (SSSR count). The number of halogens is 6. The third-order valence-electron chi connectivity index (χ3n) is 2.94. The van der Waals surface area contributed by atoms with Gasteiger partial charge in [-0.05, 0) is 36.4 Å². The molecule has 0 atom stereocenters. The van der Waals surface area contributed by atoms with E-state index in [0.717, 1.165) is 30.3 Å². The van der Waals surface area contributed by atoms with Crippen LogP contribution in [0.4, 0.5) is 33.3 Å². The van der Waals surface area contributed by atoms with Gasteiger partial charge in [0.1, 0.15) is 11.6 Å². The van der Waals surface area contributed by atoms with Crippen LogP contribution in [0.2, 0.25) is 5.02 Å². The van der Waals surface area contributed by atoms with E-state index in [2.05, 4.69) is 10.6 Å². The fraction of sp³-hybridized carbons (Fsp3) is 0.133. The van der Waals surface area contributed by atoms with Crippen LogP contribution in [0, 0.1) is 11.6 Å². The number of alkyl halides is 3. The number of rotatable bonds is 4. The standard InChI is InChI=1S/C15H10ClF5N2O/c16-10-3-1-8(15(19,20)21)5-12(10)23-14(24)7-22-13-6-9(17)2-4-11(13)18/h1-6,22H,7H2,(H,23,24). The number of hydrogen-bond donors (Lipinski definition) is 2. The molecule has 128 valence electrons. The van der Waals surface area contributed by atoms with E-state index in [0.29, 0.717) is 6.07 Å². The zero-order valence-corrected chi connectivity index (χ0v) is 12.6. The Kier molecular flexibility index (Phi) is 5.28. The number of nitrogens with one attached hydrogen (secondary N) is 2. The van der Waals surface area contributed by atoms with Gasteiger partial charge in [0, 0.05) is 0 Å². The Balaban J connectivity index is 2.06. The predicted octanol–water partition coefficient (Wildman–Crippen LogP) is 4.69. The fourth-order valence-electron chi connectivity index (χ4n) is 1.80. The van der Waals surface area contributed by atoms with E-state index in [9.17, 15) is 26.7 Å². The second-order valence-electron chi connectivity index (χ2n) is 4.72. The predicted molar refractivity (Wildman–Crippen MR) is 79.9 cm³/mol. The summed E-state index contributed by atoms with van der Waals surface area (Å²) in [7, 11) is 0. The van der Waals surface area contributed by atoms with Crippen molar-refractivity contribution in [1.82, 2.24) is 0 Å². The lowest BCUT2D eigenvalue weighted by Crippen LogP contribution is -2.22. The second kappa shape index (κ2) is 7.04. The van der Waals surface area contributed by atoms with Crippen molar-refractivity contribution in [2.45, 2.75) is 6.18 Å². The SMILES string of the molecule is O=C(CNc1cc(F)ccc1F)Nc1cc(C(F)(F)F)ccc1Cl. The Bertz CT molecular complexity index is 764. The molecule has 0 spiro atoms. The summed E-state index contributed by atoms with van der Waals surface area (Å²) >= 11 is 5.74. The molecule has 2 N–H and O–H groups in total. The Morgan fingerprint density at radius 1 is 1.04 bits per heavy atom. The highest BCUT2D eigenvalue weighted by Crippen LogP contribution is 2.33. The zero-order chi connectivity index (χ0) is 17.9. The van der Waals surface area contributed by atoms with E-state index in [1.807, 2.05) is 0 Å². The lowest BCUT2D eigenvalue weighted by molar-refractivity contribution is -0.137. The van der Waals surface area contributed by atoms with Gasteiger partial charge < -0.3 is 10.6 Å². The van der Waals surface area contributed by atoms with Gasteiger partial charge in [0.15, 0.2) is 0 Å². The summed E-state index contributed by atoms with van der Waals surface area (Å²) in [5.41, 5.74) is -1.47. The summed E-state index contributed by atoms with van der Waals surface area (Å²) in [4.78, 5) is 11.8. The van der Waals surface area contributed by atoms with E-state index in [1.54, 1.807) is 0 Å². The monoisotopic (exact) mass is 364 g/mol. The molecule has 0 saturated heterocycles. The maximum atomic E-state index is 13.4. The maximum absolute atomic E-state index is 13.4. The van der Waals surface area contributed by atoms with Gasteiger partial charge >= 0.3 is 6.18 Å². The molecule has 0 aliphatic rings. The van der Waals surface area contributed by atoms with Crippen LogP contribution in [0.15, 0.2) is 36.4 Å². The molecule has 0 radical (unpaired) electrons. The third kappa shape index (κ3) is 4.58. The van der Waals surface area contributed by atoms with E-state index in [4.69, 9.17) is 11.6 Å². The van der Waals surface area contributed by atoms with Gasteiger partial charge in [-0.1, -0.05) is 11.6 Å². The fourth-order valence-corrected chi connectivity index (χ4v) is 1.97. The van der Waals surface area contributed by atoms with E-state index in [-0.39, 0.29) is 16.4 Å². The highest BCUT2D eigenvalue weighted by Gasteiger charge is 2.31. The van der Waals surface area contributed by atoms with Crippen LogP contribution in [0.25, 0.3) is 0 Å². The van der Waals surface area contributed by atoms with Crippen LogP contribution in [-0.4, -0.2) is 12.5 Å². The number of carbonyl (C=O) groups is 1. The van der Waals surface area contributed by atoms with Crippen molar-refractivity contribution in [2.75, 3.05) is 17.2 Å². The molecule has 9 heteroatoms. The quantitative estimate of drug-likeness (QED) is 0.773. The Morgan fingerprint density at radius 3 is 2.42 bits per heavy atom. The van der Waals surface area contributed by atoms with Crippen molar-refractivity contribution in [2.24, 2.45) is 0 Å². The molecule has 1 amide bonds. The first kappa shape index (κ1) is 18.0. The number of amides is 1. The topological polar surface area (TPSA) is 41.1 Å². The first-order chi connectivity index (χ1) is 11.2. The minimum atomic E-state index is -4.59. The molecule has 0 aliphatic heterocycles. The number of benzene rings is 2. The lowest BCUT2D eigenvalue weighted by atomic mass is 10.2. The molecule has 0 unspecified atom stereocenters. The molecule has 0 bridgehead atoms. The molecule has 3 nitrogen and oxygen atoms in total. The molecule has 2 aromatic carbocycles. The van der Waals surface area contributed by atoms with E-state index < -0.39 is 35.8 Å². The summed E-state index contributed by atoms with van der Waals surface area (Å²) in [5.74, 6) is -2.26. The average molecular weight is 365 g/mol. The van der Waals surface area contributed by atoms with Crippen molar-refractivity contribution < 1.29 is 26.7 Å². The highest BCUT2D eigenvalue weighted by atomic mass is 35.5. The third-order valence-corrected chi connectivity index (χ3v) is 3.27. The molecule has 0 heterocycles. The van der Waals surface area contributed by atoms with Gasteiger partial charge in [-0.15, -0.1) is 0 Å². The van der Waals surface area contributed by atoms with Gasteiger partial charge in [0.25, 0.3) is 0 Å². The first-order valence-corrected chi connectivity index (χ1v) is 6.90. The Hall–Kier alpha value is -2.35. The van der Waals surface area contributed by atoms with Gasteiger partial charge in [0.2, 0.25) is 5.91 Å². The smallest absolute Gasteiger partial charge is 0.374 e. The van der Waals surface area contributed by atoms with Crippen LogP contribution in [0.3, 0.4) is 0 Å². The second-order valence-corrected chi connectivity index (χ2v) is 5.13. The van der Waals surface area contributed by atoms with Gasteiger partial charge in [-0.2, -0.15) is 13.2 Å².